The van der Waals surface area contributed by atoms with E-state index >= 15 is 0 Å². The Morgan fingerprint density at radius 2 is 2.14 bits per heavy atom. The van der Waals surface area contributed by atoms with Crippen LogP contribution in [0.4, 0.5) is 5.82 Å². The monoisotopic (exact) mass is 288 g/mol. The fourth-order valence-electron chi connectivity index (χ4n) is 2.44. The van der Waals surface area contributed by atoms with Gasteiger partial charge in [-0.1, -0.05) is 0 Å². The summed E-state index contributed by atoms with van der Waals surface area (Å²) >= 11 is 0. The number of carboxylic acids is 1. The summed E-state index contributed by atoms with van der Waals surface area (Å²) in [7, 11) is 0. The molecule has 3 rings (SSSR count). The van der Waals surface area contributed by atoms with Gasteiger partial charge in [-0.15, -0.1) is 0 Å². The Hall–Kier alpha value is -2.50. The third kappa shape index (κ3) is 2.56. The highest BCUT2D eigenvalue weighted by molar-refractivity contribution is 5.94. The van der Waals surface area contributed by atoms with E-state index in [-0.39, 0.29) is 13.2 Å². The van der Waals surface area contributed by atoms with Crippen LogP contribution in [-0.4, -0.2) is 35.9 Å². The standard InChI is InChI=1S/C15H16N2O4/c1-2-17(6-4-14(18)19)15-11-8-13-12(20-9-21-13)7-10(11)3-5-16-15/h3,5,7-8H,2,4,6,9H2,1H3,(H,18,19). The average Bonchev–Trinajstić information content (AvgIpc) is 2.92. The minimum absolute atomic E-state index is 0.0798. The van der Waals surface area contributed by atoms with Gasteiger partial charge in [0.15, 0.2) is 11.5 Å². The maximum absolute atomic E-state index is 10.8. The SMILES string of the molecule is CCN(CCC(=O)O)c1nccc2cc3c(cc12)OCO3. The Labute approximate surface area is 121 Å². The van der Waals surface area contributed by atoms with Crippen molar-refractivity contribution in [3.05, 3.63) is 24.4 Å². The van der Waals surface area contributed by atoms with Crippen molar-refractivity contribution >= 4 is 22.6 Å². The molecule has 0 fully saturated rings. The number of ether oxygens (including phenoxy) is 2. The smallest absolute Gasteiger partial charge is 0.305 e. The number of hydrogen-bond acceptors (Lipinski definition) is 5. The van der Waals surface area contributed by atoms with Crippen LogP contribution < -0.4 is 14.4 Å². The highest BCUT2D eigenvalue weighted by Gasteiger charge is 2.18. The largest absolute Gasteiger partial charge is 0.481 e. The third-order valence-electron chi connectivity index (χ3n) is 3.51. The van der Waals surface area contributed by atoms with Gasteiger partial charge in [0.05, 0.1) is 6.42 Å². The van der Waals surface area contributed by atoms with E-state index in [0.717, 1.165) is 22.3 Å². The van der Waals surface area contributed by atoms with Crippen molar-refractivity contribution in [2.24, 2.45) is 0 Å². The summed E-state index contributed by atoms with van der Waals surface area (Å²) in [6.07, 6.45) is 1.81. The summed E-state index contributed by atoms with van der Waals surface area (Å²) in [4.78, 5) is 17.2. The normalized spacial score (nSPS) is 12.6. The van der Waals surface area contributed by atoms with Crippen LogP contribution in [0, 0.1) is 0 Å². The lowest BCUT2D eigenvalue weighted by Crippen LogP contribution is -2.26. The van der Waals surface area contributed by atoms with Crippen molar-refractivity contribution in [1.82, 2.24) is 4.98 Å². The van der Waals surface area contributed by atoms with E-state index in [9.17, 15) is 4.79 Å². The molecule has 0 bridgehead atoms. The van der Waals surface area contributed by atoms with Gasteiger partial charge >= 0.3 is 5.97 Å². The summed E-state index contributed by atoms with van der Waals surface area (Å²) in [5.74, 6) is 1.39. The number of aromatic nitrogens is 1. The van der Waals surface area contributed by atoms with Crippen molar-refractivity contribution in [2.45, 2.75) is 13.3 Å². The number of rotatable bonds is 5. The first-order valence-electron chi connectivity index (χ1n) is 6.84. The molecule has 6 nitrogen and oxygen atoms in total. The van der Waals surface area contributed by atoms with E-state index in [2.05, 4.69) is 4.98 Å². The molecule has 6 heteroatoms. The van der Waals surface area contributed by atoms with E-state index in [4.69, 9.17) is 14.6 Å². The van der Waals surface area contributed by atoms with Gasteiger partial charge in [0.1, 0.15) is 5.82 Å². The molecule has 0 aliphatic carbocycles. The summed E-state index contributed by atoms with van der Waals surface area (Å²) in [6, 6.07) is 5.74. The first-order chi connectivity index (χ1) is 10.2. The molecule has 2 aromatic rings. The first kappa shape index (κ1) is 13.5. The molecule has 0 amide bonds. The molecular weight excluding hydrogens is 272 g/mol. The molecule has 0 spiro atoms. The fraction of sp³-hybridized carbons (Fsp3) is 0.333. The van der Waals surface area contributed by atoms with Crippen LogP contribution in [0.2, 0.25) is 0 Å². The van der Waals surface area contributed by atoms with Gasteiger partial charge in [-0.3, -0.25) is 4.79 Å². The molecule has 1 aromatic carbocycles. The second-order valence-corrected chi connectivity index (χ2v) is 4.78. The minimum atomic E-state index is -0.814. The van der Waals surface area contributed by atoms with Crippen LogP contribution in [0.5, 0.6) is 11.5 Å². The Bertz CT molecular complexity index is 687. The Balaban J connectivity index is 2.02. The van der Waals surface area contributed by atoms with Gasteiger partial charge in [-0.25, -0.2) is 4.98 Å². The van der Waals surface area contributed by atoms with E-state index in [1.54, 1.807) is 6.20 Å². The first-order valence-corrected chi connectivity index (χ1v) is 6.84. The number of aliphatic carboxylic acids is 1. The van der Waals surface area contributed by atoms with E-state index in [0.29, 0.717) is 18.8 Å². The molecule has 110 valence electrons. The van der Waals surface area contributed by atoms with Gasteiger partial charge in [-0.2, -0.15) is 0 Å². The maximum atomic E-state index is 10.8. The second-order valence-electron chi connectivity index (χ2n) is 4.78. The lowest BCUT2D eigenvalue weighted by Gasteiger charge is -2.22. The number of carbonyl (C=O) groups is 1. The van der Waals surface area contributed by atoms with Gasteiger partial charge in [0.2, 0.25) is 6.79 Å². The van der Waals surface area contributed by atoms with Crippen molar-refractivity contribution in [3.63, 3.8) is 0 Å². The highest BCUT2D eigenvalue weighted by Crippen LogP contribution is 2.38. The number of fused-ring (bicyclic) bond motifs is 2. The fourth-order valence-corrected chi connectivity index (χ4v) is 2.44. The molecule has 1 N–H and O–H groups in total. The summed E-state index contributed by atoms with van der Waals surface area (Å²) in [6.45, 7) is 3.32. The Kier molecular flexibility index (Phi) is 3.51. The van der Waals surface area contributed by atoms with E-state index in [1.165, 1.54) is 0 Å². The topological polar surface area (TPSA) is 71.9 Å². The van der Waals surface area contributed by atoms with Crippen LogP contribution in [0.1, 0.15) is 13.3 Å². The minimum Gasteiger partial charge on any atom is -0.481 e. The van der Waals surface area contributed by atoms with Crippen LogP contribution in [-0.2, 0) is 4.79 Å². The summed E-state index contributed by atoms with van der Waals surface area (Å²) < 4.78 is 10.8. The number of carboxylic acid groups (broad SMARTS) is 1. The average molecular weight is 288 g/mol. The number of pyridine rings is 1. The van der Waals surface area contributed by atoms with Crippen molar-refractivity contribution < 1.29 is 19.4 Å². The molecular formula is C15H16N2O4. The Morgan fingerprint density at radius 1 is 1.38 bits per heavy atom. The molecule has 0 saturated carbocycles. The van der Waals surface area contributed by atoms with Crippen molar-refractivity contribution in [3.8, 4) is 11.5 Å². The number of anilines is 1. The predicted octanol–water partition coefficient (Wildman–Crippen LogP) is 2.26. The number of nitrogens with zero attached hydrogens (tertiary/aromatic N) is 2. The molecule has 1 aromatic heterocycles. The number of hydrogen-bond donors (Lipinski definition) is 1. The predicted molar refractivity (Wildman–Crippen MR) is 78.0 cm³/mol. The molecule has 0 saturated heterocycles. The van der Waals surface area contributed by atoms with Crippen LogP contribution in [0.15, 0.2) is 24.4 Å². The molecule has 0 unspecified atom stereocenters. The zero-order valence-corrected chi connectivity index (χ0v) is 11.7. The molecule has 2 heterocycles. The number of benzene rings is 1. The van der Waals surface area contributed by atoms with Crippen LogP contribution >= 0.6 is 0 Å². The summed E-state index contributed by atoms with van der Waals surface area (Å²) in [5, 5.41) is 10.8. The van der Waals surface area contributed by atoms with Gasteiger partial charge in [-0.05, 0) is 30.5 Å². The van der Waals surface area contributed by atoms with Gasteiger partial charge in [0, 0.05) is 24.7 Å². The molecule has 0 radical (unpaired) electrons. The van der Waals surface area contributed by atoms with E-state index in [1.807, 2.05) is 30.0 Å². The Morgan fingerprint density at radius 3 is 2.86 bits per heavy atom. The second kappa shape index (κ2) is 5.47. The van der Waals surface area contributed by atoms with Crippen molar-refractivity contribution in [2.75, 3.05) is 24.8 Å². The lowest BCUT2D eigenvalue weighted by molar-refractivity contribution is -0.136. The highest BCUT2D eigenvalue weighted by atomic mass is 16.7. The molecule has 1 aliphatic rings. The lowest BCUT2D eigenvalue weighted by atomic mass is 10.1. The molecule has 0 atom stereocenters. The maximum Gasteiger partial charge on any atom is 0.305 e. The van der Waals surface area contributed by atoms with Crippen LogP contribution in [0.3, 0.4) is 0 Å². The third-order valence-corrected chi connectivity index (χ3v) is 3.51. The zero-order chi connectivity index (χ0) is 14.8. The zero-order valence-electron chi connectivity index (χ0n) is 11.7. The van der Waals surface area contributed by atoms with E-state index < -0.39 is 5.97 Å². The van der Waals surface area contributed by atoms with Crippen molar-refractivity contribution in [1.29, 1.82) is 0 Å². The summed E-state index contributed by atoms with van der Waals surface area (Å²) in [5.41, 5.74) is 0. The van der Waals surface area contributed by atoms with Gasteiger partial charge < -0.3 is 19.5 Å². The van der Waals surface area contributed by atoms with Gasteiger partial charge in [0.25, 0.3) is 0 Å². The quantitative estimate of drug-likeness (QED) is 0.910. The molecule has 1 aliphatic heterocycles. The molecule has 21 heavy (non-hydrogen) atoms. The van der Waals surface area contributed by atoms with Crippen LogP contribution in [0.25, 0.3) is 10.8 Å².